The largest absolute Gasteiger partial charge is 0.476 e. The first kappa shape index (κ1) is 14.4. The zero-order chi connectivity index (χ0) is 13.8. The Kier molecular flexibility index (Phi) is 4.62. The molecule has 0 unspecified atom stereocenters. The van der Waals surface area contributed by atoms with Crippen LogP contribution in [0.15, 0.2) is 10.5 Å². The van der Waals surface area contributed by atoms with E-state index in [9.17, 15) is 13.2 Å². The van der Waals surface area contributed by atoms with Gasteiger partial charge in [-0.25, -0.2) is 18.2 Å². The van der Waals surface area contributed by atoms with Gasteiger partial charge in [0.2, 0.25) is 5.71 Å². The number of nitrogens with two attached hydrogens (primary N) is 1. The number of carboxylic acid groups (broad SMARTS) is 1. The average molecular weight is 293 g/mol. The van der Waals surface area contributed by atoms with E-state index < -0.39 is 21.5 Å². The van der Waals surface area contributed by atoms with Gasteiger partial charge in [0.25, 0.3) is 0 Å². The van der Waals surface area contributed by atoms with E-state index in [0.29, 0.717) is 0 Å². The number of aliphatic carboxylic acids is 1. The number of nitrogens with zero attached hydrogens (tertiary/aromatic N) is 2. The van der Waals surface area contributed by atoms with Crippen molar-refractivity contribution < 1.29 is 23.2 Å². The average Bonchev–Trinajstić information content (AvgIpc) is 2.62. The van der Waals surface area contributed by atoms with Crippen LogP contribution < -0.4 is 5.73 Å². The molecule has 1 rings (SSSR count). The molecule has 1 aromatic rings. The van der Waals surface area contributed by atoms with Crippen molar-refractivity contribution in [2.24, 2.45) is 5.16 Å². The number of thiazole rings is 1. The molecule has 0 saturated carbocycles. The first-order valence-electron chi connectivity index (χ1n) is 4.62. The third-order valence-corrected chi connectivity index (χ3v) is 3.25. The Balaban J connectivity index is 2.72. The van der Waals surface area contributed by atoms with Crippen LogP contribution in [0.5, 0.6) is 0 Å². The number of carboxylic acids is 1. The predicted molar refractivity (Wildman–Crippen MR) is 66.4 cm³/mol. The van der Waals surface area contributed by atoms with Gasteiger partial charge in [-0.15, -0.1) is 11.3 Å². The van der Waals surface area contributed by atoms with E-state index in [2.05, 4.69) is 15.0 Å². The zero-order valence-corrected chi connectivity index (χ0v) is 11.0. The highest BCUT2D eigenvalue weighted by atomic mass is 32.2. The van der Waals surface area contributed by atoms with Crippen LogP contribution in [-0.2, 0) is 19.5 Å². The molecule has 18 heavy (non-hydrogen) atoms. The van der Waals surface area contributed by atoms with E-state index in [4.69, 9.17) is 10.8 Å². The molecule has 0 bridgehead atoms. The van der Waals surface area contributed by atoms with Gasteiger partial charge in [0.05, 0.1) is 5.75 Å². The first-order chi connectivity index (χ1) is 8.29. The van der Waals surface area contributed by atoms with Gasteiger partial charge in [0.1, 0.15) is 12.3 Å². The molecule has 3 N–H and O–H groups in total. The van der Waals surface area contributed by atoms with E-state index in [1.807, 2.05) is 0 Å². The fraction of sp³-hybridized carbons (Fsp3) is 0.375. The van der Waals surface area contributed by atoms with Gasteiger partial charge >= 0.3 is 5.97 Å². The molecule has 0 aliphatic heterocycles. The van der Waals surface area contributed by atoms with Crippen LogP contribution in [0.2, 0.25) is 0 Å². The number of sulfone groups is 1. The number of aromatic nitrogens is 1. The van der Waals surface area contributed by atoms with Gasteiger partial charge in [-0.2, -0.15) is 0 Å². The van der Waals surface area contributed by atoms with Crippen LogP contribution in [-0.4, -0.2) is 48.8 Å². The van der Waals surface area contributed by atoms with Crippen LogP contribution in [0.1, 0.15) is 5.69 Å². The Morgan fingerprint density at radius 3 is 2.78 bits per heavy atom. The highest BCUT2D eigenvalue weighted by molar-refractivity contribution is 7.90. The van der Waals surface area contributed by atoms with E-state index in [1.165, 1.54) is 5.38 Å². The minimum absolute atomic E-state index is 0.0735. The summed E-state index contributed by atoms with van der Waals surface area (Å²) in [4.78, 5) is 19.3. The van der Waals surface area contributed by atoms with Gasteiger partial charge in [0.15, 0.2) is 15.0 Å². The van der Waals surface area contributed by atoms with E-state index in [1.54, 1.807) is 0 Å². The smallest absolute Gasteiger partial charge is 0.360 e. The number of oxime groups is 1. The van der Waals surface area contributed by atoms with Gasteiger partial charge < -0.3 is 15.7 Å². The van der Waals surface area contributed by atoms with Crippen molar-refractivity contribution in [3.8, 4) is 0 Å². The monoisotopic (exact) mass is 293 g/mol. The molecule has 8 nitrogen and oxygen atoms in total. The summed E-state index contributed by atoms with van der Waals surface area (Å²) in [7, 11) is -3.18. The second-order valence-electron chi connectivity index (χ2n) is 3.28. The second kappa shape index (κ2) is 5.78. The Morgan fingerprint density at radius 2 is 2.33 bits per heavy atom. The first-order valence-corrected chi connectivity index (χ1v) is 7.56. The van der Waals surface area contributed by atoms with Crippen molar-refractivity contribution >= 4 is 38.0 Å². The Labute approximate surface area is 107 Å². The quantitative estimate of drug-likeness (QED) is 0.413. The third kappa shape index (κ3) is 4.67. The highest BCUT2D eigenvalue weighted by Gasteiger charge is 2.17. The molecule has 1 heterocycles. The van der Waals surface area contributed by atoms with E-state index >= 15 is 0 Å². The lowest BCUT2D eigenvalue weighted by Gasteiger charge is -2.00. The molecule has 100 valence electrons. The normalized spacial score (nSPS) is 12.4. The van der Waals surface area contributed by atoms with Crippen molar-refractivity contribution in [2.75, 3.05) is 24.3 Å². The molecule has 0 aromatic carbocycles. The van der Waals surface area contributed by atoms with Crippen LogP contribution in [0, 0.1) is 0 Å². The van der Waals surface area contributed by atoms with Crippen LogP contribution in [0.4, 0.5) is 5.13 Å². The fourth-order valence-electron chi connectivity index (χ4n) is 0.891. The third-order valence-electron chi connectivity index (χ3n) is 1.67. The predicted octanol–water partition coefficient (Wildman–Crippen LogP) is -0.425. The number of carbonyl (C=O) groups is 1. The Bertz CT molecular complexity index is 563. The Morgan fingerprint density at radius 1 is 1.67 bits per heavy atom. The molecule has 0 amide bonds. The highest BCUT2D eigenvalue weighted by Crippen LogP contribution is 2.12. The number of rotatable bonds is 6. The minimum Gasteiger partial charge on any atom is -0.476 e. The van der Waals surface area contributed by atoms with Crippen LogP contribution >= 0.6 is 11.3 Å². The minimum atomic E-state index is -3.18. The standard InChI is InChI=1S/C8H11N3O5S2/c1-18(14,15)3-2-16-11-6(7(12)13)5-4-17-8(9)10-5/h4H,2-3H2,1H3,(H2,9,10)(H,12,13)/b11-6-. The van der Waals surface area contributed by atoms with Crippen molar-refractivity contribution in [1.29, 1.82) is 0 Å². The molecule has 0 radical (unpaired) electrons. The lowest BCUT2D eigenvalue weighted by Crippen LogP contribution is -2.17. The molecular formula is C8H11N3O5S2. The van der Waals surface area contributed by atoms with Crippen molar-refractivity contribution in [1.82, 2.24) is 4.98 Å². The summed E-state index contributed by atoms with van der Waals surface area (Å²) >= 11 is 1.06. The van der Waals surface area contributed by atoms with Gasteiger partial charge in [-0.3, -0.25) is 0 Å². The molecule has 0 aliphatic carbocycles. The molecule has 0 saturated heterocycles. The van der Waals surface area contributed by atoms with Crippen molar-refractivity contribution in [3.63, 3.8) is 0 Å². The topological polar surface area (TPSA) is 132 Å². The van der Waals surface area contributed by atoms with Crippen LogP contribution in [0.3, 0.4) is 0 Å². The molecule has 0 fully saturated rings. The number of hydrogen-bond acceptors (Lipinski definition) is 8. The summed E-state index contributed by atoms with van der Waals surface area (Å²) in [6.07, 6.45) is 1.04. The molecule has 1 aromatic heterocycles. The molecule has 10 heteroatoms. The maximum absolute atomic E-state index is 10.9. The van der Waals surface area contributed by atoms with Gasteiger partial charge in [-0.1, -0.05) is 5.16 Å². The summed E-state index contributed by atoms with van der Waals surface area (Å²) in [5, 5.41) is 13.9. The second-order valence-corrected chi connectivity index (χ2v) is 6.43. The van der Waals surface area contributed by atoms with E-state index in [0.717, 1.165) is 17.6 Å². The Hall–Kier alpha value is -1.68. The number of anilines is 1. The maximum atomic E-state index is 10.9. The van der Waals surface area contributed by atoms with E-state index in [-0.39, 0.29) is 23.2 Å². The van der Waals surface area contributed by atoms with Gasteiger partial charge in [0, 0.05) is 11.6 Å². The molecule has 0 aliphatic rings. The van der Waals surface area contributed by atoms with Gasteiger partial charge in [-0.05, 0) is 0 Å². The lowest BCUT2D eigenvalue weighted by atomic mass is 10.3. The SMILES string of the molecule is CS(=O)(=O)CCO/N=C(\C(=O)O)c1csc(N)n1. The molecular weight excluding hydrogens is 282 g/mol. The summed E-state index contributed by atoms with van der Waals surface area (Å²) in [6.45, 7) is -0.227. The lowest BCUT2D eigenvalue weighted by molar-refractivity contribution is -0.129. The summed E-state index contributed by atoms with van der Waals surface area (Å²) in [5.74, 6) is -1.58. The van der Waals surface area contributed by atoms with Crippen LogP contribution in [0.25, 0.3) is 0 Å². The summed E-state index contributed by atoms with van der Waals surface area (Å²) in [6, 6.07) is 0. The van der Waals surface area contributed by atoms with Crippen molar-refractivity contribution in [2.45, 2.75) is 0 Å². The molecule has 0 atom stereocenters. The molecule has 0 spiro atoms. The number of nitrogen functional groups attached to an aromatic ring is 1. The number of hydrogen-bond donors (Lipinski definition) is 2. The summed E-state index contributed by atoms with van der Waals surface area (Å²) in [5.41, 5.74) is 5.02. The fourth-order valence-corrected chi connectivity index (χ4v) is 1.82. The summed E-state index contributed by atoms with van der Waals surface area (Å²) < 4.78 is 21.6. The zero-order valence-electron chi connectivity index (χ0n) is 9.36. The maximum Gasteiger partial charge on any atom is 0.360 e. The van der Waals surface area contributed by atoms with Crippen molar-refractivity contribution in [3.05, 3.63) is 11.1 Å².